The third-order valence-corrected chi connectivity index (χ3v) is 5.46. The molecule has 1 rings (SSSR count). The molecule has 1 N–H and O–H groups in total. The number of piperidine rings is 1. The van der Waals surface area contributed by atoms with Crippen molar-refractivity contribution in [1.29, 1.82) is 0 Å². The van der Waals surface area contributed by atoms with Gasteiger partial charge in [0.25, 0.3) is 0 Å². The van der Waals surface area contributed by atoms with Gasteiger partial charge in [0, 0.05) is 25.7 Å². The van der Waals surface area contributed by atoms with Gasteiger partial charge in [-0.2, -0.15) is 0 Å². The first kappa shape index (κ1) is 18.9. The molecule has 0 aromatic heterocycles. The summed E-state index contributed by atoms with van der Waals surface area (Å²) >= 11 is 0. The number of sulfonamides is 1. The highest BCUT2D eigenvalue weighted by atomic mass is 32.2. The molecule has 0 bridgehead atoms. The van der Waals surface area contributed by atoms with Gasteiger partial charge < -0.3 is 10.1 Å². The summed E-state index contributed by atoms with van der Waals surface area (Å²) in [7, 11) is -3.06. The van der Waals surface area contributed by atoms with E-state index in [-0.39, 0.29) is 6.10 Å². The zero-order valence-electron chi connectivity index (χ0n) is 14.0. The van der Waals surface area contributed by atoms with E-state index in [1.165, 1.54) is 6.26 Å². The number of nitrogens with one attached hydrogen (secondary N) is 1. The Hall–Kier alpha value is -0.170. The second-order valence-corrected chi connectivity index (χ2v) is 8.07. The summed E-state index contributed by atoms with van der Waals surface area (Å²) in [6.45, 7) is 9.29. The van der Waals surface area contributed by atoms with Crippen LogP contribution >= 0.6 is 0 Å². The van der Waals surface area contributed by atoms with E-state index in [9.17, 15) is 8.42 Å². The highest BCUT2D eigenvalue weighted by Crippen LogP contribution is 2.24. The molecule has 1 aliphatic heterocycles. The third-order valence-electron chi connectivity index (χ3n) is 4.19. The van der Waals surface area contributed by atoms with Gasteiger partial charge in [0.05, 0.1) is 12.4 Å². The molecule has 0 aromatic carbocycles. The molecule has 0 saturated carbocycles. The lowest BCUT2D eigenvalue weighted by Gasteiger charge is -2.34. The molecule has 1 heterocycles. The van der Waals surface area contributed by atoms with Gasteiger partial charge >= 0.3 is 0 Å². The lowest BCUT2D eigenvalue weighted by Crippen LogP contribution is -2.45. The minimum atomic E-state index is -3.06. The first-order chi connectivity index (χ1) is 9.88. The van der Waals surface area contributed by atoms with Crippen molar-refractivity contribution >= 4 is 10.0 Å². The molecule has 0 radical (unpaired) electrons. The van der Waals surface area contributed by atoms with Crippen LogP contribution in [0.3, 0.4) is 0 Å². The largest absolute Gasteiger partial charge is 0.377 e. The van der Waals surface area contributed by atoms with Gasteiger partial charge in [0.2, 0.25) is 10.0 Å². The molecule has 0 aromatic rings. The van der Waals surface area contributed by atoms with Gasteiger partial charge in [0.1, 0.15) is 0 Å². The summed E-state index contributed by atoms with van der Waals surface area (Å²) in [6.07, 6.45) is 5.61. The lowest BCUT2D eigenvalue weighted by atomic mass is 9.90. The zero-order valence-corrected chi connectivity index (χ0v) is 14.8. The molecule has 126 valence electrons. The smallest absolute Gasteiger partial charge is 0.211 e. The number of hydrogen-bond donors (Lipinski definition) is 1. The summed E-state index contributed by atoms with van der Waals surface area (Å²) in [5.74, 6) is 0.422. The molecule has 1 fully saturated rings. The number of rotatable bonds is 9. The van der Waals surface area contributed by atoms with Crippen LogP contribution in [-0.4, -0.2) is 57.4 Å². The fourth-order valence-corrected chi connectivity index (χ4v) is 3.97. The summed E-state index contributed by atoms with van der Waals surface area (Å²) in [5.41, 5.74) is 0. The van der Waals surface area contributed by atoms with Gasteiger partial charge in [0.15, 0.2) is 0 Å². The van der Waals surface area contributed by atoms with Crippen molar-refractivity contribution in [2.75, 3.05) is 32.5 Å². The van der Waals surface area contributed by atoms with Crippen molar-refractivity contribution in [2.45, 2.75) is 58.6 Å². The number of hydrogen-bond acceptors (Lipinski definition) is 4. The van der Waals surface area contributed by atoms with E-state index in [1.807, 2.05) is 6.92 Å². The molecule has 0 spiro atoms. The molecule has 0 aliphatic carbocycles. The summed E-state index contributed by atoms with van der Waals surface area (Å²) in [4.78, 5) is 0. The molecule has 3 atom stereocenters. The van der Waals surface area contributed by atoms with E-state index in [4.69, 9.17) is 4.74 Å². The summed E-state index contributed by atoms with van der Waals surface area (Å²) in [5, 5.41) is 3.56. The highest BCUT2D eigenvalue weighted by Gasteiger charge is 2.29. The van der Waals surface area contributed by atoms with Crippen molar-refractivity contribution in [2.24, 2.45) is 5.92 Å². The fraction of sp³-hybridized carbons (Fsp3) is 1.00. The Morgan fingerprint density at radius 3 is 2.67 bits per heavy atom. The topological polar surface area (TPSA) is 58.6 Å². The second kappa shape index (κ2) is 9.08. The number of ether oxygens (including phenoxy) is 1. The van der Waals surface area contributed by atoms with E-state index in [2.05, 4.69) is 19.2 Å². The molecule has 21 heavy (non-hydrogen) atoms. The summed E-state index contributed by atoms with van der Waals surface area (Å²) in [6, 6.07) is 0.300. The Kier molecular flexibility index (Phi) is 8.16. The van der Waals surface area contributed by atoms with Crippen molar-refractivity contribution < 1.29 is 13.2 Å². The highest BCUT2D eigenvalue weighted by molar-refractivity contribution is 7.88. The van der Waals surface area contributed by atoms with Crippen LogP contribution in [0.5, 0.6) is 0 Å². The van der Waals surface area contributed by atoms with E-state index in [0.29, 0.717) is 31.7 Å². The Morgan fingerprint density at radius 1 is 1.38 bits per heavy atom. The average molecular weight is 320 g/mol. The maximum Gasteiger partial charge on any atom is 0.211 e. The summed E-state index contributed by atoms with van der Waals surface area (Å²) < 4.78 is 30.8. The molecule has 0 amide bonds. The van der Waals surface area contributed by atoms with Crippen LogP contribution in [0, 0.1) is 5.92 Å². The lowest BCUT2D eigenvalue weighted by molar-refractivity contribution is 0.0377. The molecule has 5 nitrogen and oxygen atoms in total. The SMILES string of the molecule is CCCNC(CC1CCCN(S(C)(=O)=O)C1)C(C)OCC. The predicted octanol–water partition coefficient (Wildman–Crippen LogP) is 1.84. The molecule has 3 unspecified atom stereocenters. The van der Waals surface area contributed by atoms with Crippen LogP contribution in [0.2, 0.25) is 0 Å². The van der Waals surface area contributed by atoms with Crippen LogP contribution in [0.15, 0.2) is 0 Å². The van der Waals surface area contributed by atoms with Gasteiger partial charge in [-0.05, 0) is 52.0 Å². The minimum Gasteiger partial charge on any atom is -0.377 e. The zero-order chi connectivity index (χ0) is 15.9. The van der Waals surface area contributed by atoms with Crippen LogP contribution in [-0.2, 0) is 14.8 Å². The van der Waals surface area contributed by atoms with Crippen LogP contribution in [0.25, 0.3) is 0 Å². The monoisotopic (exact) mass is 320 g/mol. The van der Waals surface area contributed by atoms with Crippen molar-refractivity contribution in [1.82, 2.24) is 9.62 Å². The van der Waals surface area contributed by atoms with Crippen molar-refractivity contribution in [3.63, 3.8) is 0 Å². The van der Waals surface area contributed by atoms with Gasteiger partial charge in [-0.25, -0.2) is 12.7 Å². The molecular formula is C15H32N2O3S. The van der Waals surface area contributed by atoms with E-state index < -0.39 is 10.0 Å². The Bertz CT molecular complexity index is 386. The first-order valence-corrected chi connectivity index (χ1v) is 10.0. The van der Waals surface area contributed by atoms with E-state index in [0.717, 1.165) is 32.2 Å². The van der Waals surface area contributed by atoms with Gasteiger partial charge in [-0.15, -0.1) is 0 Å². The van der Waals surface area contributed by atoms with Crippen molar-refractivity contribution in [3.8, 4) is 0 Å². The fourth-order valence-electron chi connectivity index (χ4n) is 3.03. The molecule has 6 heteroatoms. The standard InChI is InChI=1S/C15H32N2O3S/c1-5-9-16-15(13(3)20-6-2)11-14-8-7-10-17(12-14)21(4,18)19/h13-16H,5-12H2,1-4H3. The Balaban J connectivity index is 2.60. The van der Waals surface area contributed by atoms with E-state index >= 15 is 0 Å². The van der Waals surface area contributed by atoms with Crippen LogP contribution < -0.4 is 5.32 Å². The first-order valence-electron chi connectivity index (χ1n) is 8.18. The second-order valence-electron chi connectivity index (χ2n) is 6.09. The minimum absolute atomic E-state index is 0.162. The molecule has 1 aliphatic rings. The van der Waals surface area contributed by atoms with Gasteiger partial charge in [-0.1, -0.05) is 6.92 Å². The maximum atomic E-state index is 11.7. The Morgan fingerprint density at radius 2 is 2.10 bits per heavy atom. The maximum absolute atomic E-state index is 11.7. The van der Waals surface area contributed by atoms with E-state index in [1.54, 1.807) is 4.31 Å². The third kappa shape index (κ3) is 6.63. The quantitative estimate of drug-likeness (QED) is 0.704. The Labute approximate surface area is 130 Å². The number of nitrogens with zero attached hydrogens (tertiary/aromatic N) is 1. The molecule has 1 saturated heterocycles. The molecular weight excluding hydrogens is 288 g/mol. The normalized spacial score (nSPS) is 23.9. The van der Waals surface area contributed by atoms with Crippen LogP contribution in [0.4, 0.5) is 0 Å². The van der Waals surface area contributed by atoms with Crippen LogP contribution in [0.1, 0.15) is 46.5 Å². The van der Waals surface area contributed by atoms with Gasteiger partial charge in [-0.3, -0.25) is 0 Å². The average Bonchev–Trinajstić information content (AvgIpc) is 2.43. The van der Waals surface area contributed by atoms with Crippen molar-refractivity contribution in [3.05, 3.63) is 0 Å². The predicted molar refractivity (Wildman–Crippen MR) is 86.9 cm³/mol.